The molecule has 178 valence electrons. The molecule has 1 amide bonds. The number of aryl methyl sites for hydroxylation is 2. The molecule has 0 radical (unpaired) electrons. The summed E-state index contributed by atoms with van der Waals surface area (Å²) in [6.07, 6.45) is -0.813. The van der Waals surface area contributed by atoms with Gasteiger partial charge in [0.15, 0.2) is 6.10 Å². The molecule has 3 rings (SSSR count). The van der Waals surface area contributed by atoms with Crippen LogP contribution in [0.15, 0.2) is 41.3 Å². The van der Waals surface area contributed by atoms with Gasteiger partial charge in [0.1, 0.15) is 17.3 Å². The summed E-state index contributed by atoms with van der Waals surface area (Å²) in [5.41, 5.74) is 1.25. The van der Waals surface area contributed by atoms with Gasteiger partial charge in [-0.3, -0.25) is 9.59 Å². The summed E-state index contributed by atoms with van der Waals surface area (Å²) < 4.78 is 59.8. The third-order valence-corrected chi connectivity index (χ3v) is 7.67. The number of hydrogen-bond donors (Lipinski definition) is 1. The van der Waals surface area contributed by atoms with E-state index in [2.05, 4.69) is 5.32 Å². The molecule has 0 saturated carbocycles. The molecule has 0 spiro atoms. The van der Waals surface area contributed by atoms with Crippen LogP contribution in [0.2, 0.25) is 0 Å². The number of carbonyl (C=O) groups excluding carboxylic acids is 2. The van der Waals surface area contributed by atoms with Crippen LogP contribution in [0.3, 0.4) is 0 Å². The number of nitrogens with one attached hydrogen (secondary N) is 1. The van der Waals surface area contributed by atoms with Crippen LogP contribution in [0.25, 0.3) is 0 Å². The van der Waals surface area contributed by atoms with Crippen molar-refractivity contribution in [1.82, 2.24) is 4.31 Å². The van der Waals surface area contributed by atoms with Gasteiger partial charge in [0.25, 0.3) is 5.91 Å². The van der Waals surface area contributed by atoms with Gasteiger partial charge in [-0.15, -0.1) is 0 Å². The van der Waals surface area contributed by atoms with E-state index in [1.54, 1.807) is 18.2 Å². The minimum atomic E-state index is -3.68. The topological polar surface area (TPSA) is 92.8 Å². The lowest BCUT2D eigenvalue weighted by Gasteiger charge is -2.30. The molecule has 1 unspecified atom stereocenters. The van der Waals surface area contributed by atoms with E-state index in [9.17, 15) is 26.8 Å². The van der Waals surface area contributed by atoms with Gasteiger partial charge in [-0.2, -0.15) is 4.31 Å². The zero-order valence-electron chi connectivity index (χ0n) is 18.6. The summed E-state index contributed by atoms with van der Waals surface area (Å²) in [4.78, 5) is 24.9. The maximum Gasteiger partial charge on any atom is 0.309 e. The smallest absolute Gasteiger partial charge is 0.309 e. The molecule has 1 heterocycles. The van der Waals surface area contributed by atoms with Crippen LogP contribution in [0, 0.1) is 31.4 Å². The average Bonchev–Trinajstić information content (AvgIpc) is 2.78. The predicted octanol–water partition coefficient (Wildman–Crippen LogP) is 3.55. The number of para-hydroxylation sites is 1. The predicted molar refractivity (Wildman–Crippen MR) is 118 cm³/mol. The molecule has 7 nitrogen and oxygen atoms in total. The summed E-state index contributed by atoms with van der Waals surface area (Å²) in [5, 5.41) is 2.09. The van der Waals surface area contributed by atoms with Crippen LogP contribution < -0.4 is 5.32 Å². The Morgan fingerprint density at radius 2 is 1.67 bits per heavy atom. The number of anilines is 1. The standard InChI is InChI=1S/C23H26F2N2O5S/c1-14-7-8-18(13-15(14)2)33(30,31)27-11-9-17(10-12-27)23(29)32-16(3)22(28)26-21-19(24)5-4-6-20(21)25/h4-8,13,16-17H,9-12H2,1-3H3,(H,26,28). The first-order valence-corrected chi connectivity index (χ1v) is 12.0. The summed E-state index contributed by atoms with van der Waals surface area (Å²) in [6, 6.07) is 8.10. The lowest BCUT2D eigenvalue weighted by molar-refractivity contribution is -0.158. The first-order chi connectivity index (χ1) is 15.5. The van der Waals surface area contributed by atoms with Crippen LogP contribution in [0.4, 0.5) is 14.5 Å². The SMILES string of the molecule is Cc1ccc(S(=O)(=O)N2CCC(C(=O)OC(C)C(=O)Nc3c(F)cccc3F)CC2)cc1C. The number of amides is 1. The number of nitrogens with zero attached hydrogens (tertiary/aromatic N) is 1. The molecular weight excluding hydrogens is 454 g/mol. The first-order valence-electron chi connectivity index (χ1n) is 10.5. The number of carbonyl (C=O) groups is 2. The van der Waals surface area contributed by atoms with Crippen molar-refractivity contribution in [2.75, 3.05) is 18.4 Å². The molecule has 1 aliphatic rings. The summed E-state index contributed by atoms with van der Waals surface area (Å²) in [7, 11) is -3.68. The Bertz CT molecular complexity index is 1140. The van der Waals surface area contributed by atoms with Crippen molar-refractivity contribution in [2.24, 2.45) is 5.92 Å². The van der Waals surface area contributed by atoms with Gasteiger partial charge in [-0.05, 0) is 69.0 Å². The van der Waals surface area contributed by atoms with Crippen molar-refractivity contribution in [3.63, 3.8) is 0 Å². The van der Waals surface area contributed by atoms with Crippen molar-refractivity contribution in [3.8, 4) is 0 Å². The van der Waals surface area contributed by atoms with E-state index in [-0.39, 0.29) is 30.8 Å². The largest absolute Gasteiger partial charge is 0.452 e. The van der Waals surface area contributed by atoms with E-state index in [4.69, 9.17) is 4.74 Å². The van der Waals surface area contributed by atoms with Gasteiger partial charge in [-0.25, -0.2) is 17.2 Å². The van der Waals surface area contributed by atoms with E-state index in [0.717, 1.165) is 29.3 Å². The molecule has 33 heavy (non-hydrogen) atoms. The zero-order valence-corrected chi connectivity index (χ0v) is 19.4. The minimum absolute atomic E-state index is 0.135. The second-order valence-electron chi connectivity index (χ2n) is 8.09. The first kappa shape index (κ1) is 24.8. The van der Waals surface area contributed by atoms with Crippen LogP contribution in [-0.4, -0.2) is 43.8 Å². The number of piperidine rings is 1. The third kappa shape index (κ3) is 5.56. The van der Waals surface area contributed by atoms with E-state index >= 15 is 0 Å². The highest BCUT2D eigenvalue weighted by Gasteiger charge is 2.34. The number of sulfonamides is 1. The fourth-order valence-electron chi connectivity index (χ4n) is 3.52. The van der Waals surface area contributed by atoms with E-state index in [1.807, 2.05) is 13.8 Å². The molecule has 1 aliphatic heterocycles. The van der Waals surface area contributed by atoms with Gasteiger partial charge in [0, 0.05) is 13.1 Å². The second-order valence-corrected chi connectivity index (χ2v) is 10.0. The molecule has 2 aromatic carbocycles. The summed E-state index contributed by atoms with van der Waals surface area (Å²) >= 11 is 0. The highest BCUT2D eigenvalue weighted by Crippen LogP contribution is 2.26. The number of hydrogen-bond acceptors (Lipinski definition) is 5. The Kier molecular flexibility index (Phi) is 7.48. The molecule has 1 fully saturated rings. The Morgan fingerprint density at radius 3 is 2.24 bits per heavy atom. The quantitative estimate of drug-likeness (QED) is 0.639. The molecule has 0 aliphatic carbocycles. The lowest BCUT2D eigenvalue weighted by Crippen LogP contribution is -2.41. The molecule has 0 aromatic heterocycles. The van der Waals surface area contributed by atoms with Crippen molar-refractivity contribution in [2.45, 2.75) is 44.6 Å². The molecule has 10 heteroatoms. The minimum Gasteiger partial charge on any atom is -0.452 e. The maximum atomic E-state index is 13.7. The van der Waals surface area contributed by atoms with E-state index in [0.29, 0.717) is 0 Å². The van der Waals surface area contributed by atoms with Gasteiger partial charge < -0.3 is 10.1 Å². The van der Waals surface area contributed by atoms with Crippen LogP contribution in [0.5, 0.6) is 0 Å². The number of esters is 1. The van der Waals surface area contributed by atoms with Crippen LogP contribution >= 0.6 is 0 Å². The average molecular weight is 481 g/mol. The fraction of sp³-hybridized carbons (Fsp3) is 0.391. The highest BCUT2D eigenvalue weighted by atomic mass is 32.2. The molecule has 2 aromatic rings. The van der Waals surface area contributed by atoms with Crippen molar-refractivity contribution in [3.05, 3.63) is 59.2 Å². The van der Waals surface area contributed by atoms with Crippen molar-refractivity contribution >= 4 is 27.6 Å². The normalized spacial score (nSPS) is 16.3. The number of halogens is 2. The summed E-state index contributed by atoms with van der Waals surface area (Å²) in [6.45, 7) is 5.31. The molecular formula is C23H26F2N2O5S. The third-order valence-electron chi connectivity index (χ3n) is 5.78. The number of rotatable bonds is 6. The van der Waals surface area contributed by atoms with Crippen molar-refractivity contribution < 1.29 is 31.5 Å². The number of benzene rings is 2. The molecule has 1 atom stereocenters. The Balaban J connectivity index is 1.56. The lowest BCUT2D eigenvalue weighted by atomic mass is 9.98. The Morgan fingerprint density at radius 1 is 1.06 bits per heavy atom. The highest BCUT2D eigenvalue weighted by molar-refractivity contribution is 7.89. The maximum absolute atomic E-state index is 13.7. The summed E-state index contributed by atoms with van der Waals surface area (Å²) in [5.74, 6) is -4.01. The Labute approximate surface area is 191 Å². The molecule has 1 saturated heterocycles. The fourth-order valence-corrected chi connectivity index (χ4v) is 5.08. The van der Waals surface area contributed by atoms with E-state index in [1.165, 1.54) is 11.2 Å². The Hall–Kier alpha value is -2.85. The monoisotopic (exact) mass is 480 g/mol. The van der Waals surface area contributed by atoms with Gasteiger partial charge >= 0.3 is 5.97 Å². The van der Waals surface area contributed by atoms with Crippen molar-refractivity contribution in [1.29, 1.82) is 0 Å². The van der Waals surface area contributed by atoms with Crippen LogP contribution in [0.1, 0.15) is 30.9 Å². The second kappa shape index (κ2) is 9.96. The molecule has 1 N–H and O–H groups in total. The number of ether oxygens (including phenoxy) is 1. The van der Waals surface area contributed by atoms with Gasteiger partial charge in [0.05, 0.1) is 10.8 Å². The zero-order chi connectivity index (χ0) is 24.3. The van der Waals surface area contributed by atoms with Crippen LogP contribution in [-0.2, 0) is 24.3 Å². The van der Waals surface area contributed by atoms with E-state index < -0.39 is 51.2 Å². The van der Waals surface area contributed by atoms with Gasteiger partial charge in [0.2, 0.25) is 10.0 Å². The molecule has 0 bridgehead atoms. The van der Waals surface area contributed by atoms with Gasteiger partial charge in [-0.1, -0.05) is 12.1 Å².